The summed E-state index contributed by atoms with van der Waals surface area (Å²) in [5.41, 5.74) is 1.33. The smallest absolute Gasteiger partial charge is 0.190 e. The first-order valence-electron chi connectivity index (χ1n) is 9.15. The number of ether oxygens (including phenoxy) is 1. The maximum Gasteiger partial charge on any atom is 0.190 e. The van der Waals surface area contributed by atoms with Gasteiger partial charge in [-0.1, -0.05) is 18.2 Å². The Hall–Kier alpha value is -1.75. The molecule has 1 fully saturated rings. The van der Waals surface area contributed by atoms with Gasteiger partial charge in [0.1, 0.15) is 0 Å². The van der Waals surface area contributed by atoms with Gasteiger partial charge >= 0.3 is 0 Å². The largest absolute Gasteiger partial charge is 0.382 e. The Bertz CT molecular complexity index is 478. The third-order valence-electron chi connectivity index (χ3n) is 4.40. The maximum atomic E-state index is 5.35. The second-order valence-electron chi connectivity index (χ2n) is 6.22. The first kappa shape index (κ1) is 18.6. The van der Waals surface area contributed by atoms with E-state index >= 15 is 0 Å². The summed E-state index contributed by atoms with van der Waals surface area (Å²) < 4.78 is 5.35. The Morgan fingerprint density at radius 2 is 2.08 bits per heavy atom. The predicted octanol–water partition coefficient (Wildman–Crippen LogP) is 2.49. The normalized spacial score (nSPS) is 18.0. The Morgan fingerprint density at radius 3 is 2.83 bits per heavy atom. The van der Waals surface area contributed by atoms with Crippen molar-refractivity contribution in [1.29, 1.82) is 0 Å². The van der Waals surface area contributed by atoms with Crippen molar-refractivity contribution in [3.8, 4) is 0 Å². The van der Waals surface area contributed by atoms with E-state index in [1.54, 1.807) is 0 Å². The van der Waals surface area contributed by atoms with Crippen LogP contribution in [0.4, 0.5) is 5.69 Å². The van der Waals surface area contributed by atoms with Gasteiger partial charge in [-0.05, 0) is 44.2 Å². The van der Waals surface area contributed by atoms with Crippen molar-refractivity contribution in [2.45, 2.75) is 26.2 Å². The number of benzene rings is 1. The number of nitrogens with one attached hydrogen (secondary N) is 2. The lowest BCUT2D eigenvalue weighted by Gasteiger charge is -2.19. The first-order chi connectivity index (χ1) is 11.8. The molecule has 1 aliphatic heterocycles. The molecular formula is C19H32N4O. The van der Waals surface area contributed by atoms with Crippen LogP contribution in [0, 0.1) is 5.92 Å². The molecule has 1 saturated heterocycles. The number of aliphatic imine (C=N–C) groups is 1. The van der Waals surface area contributed by atoms with Crippen LogP contribution in [0.1, 0.15) is 26.2 Å². The van der Waals surface area contributed by atoms with Crippen LogP contribution in [0.2, 0.25) is 0 Å². The molecule has 0 bridgehead atoms. The molecular weight excluding hydrogens is 300 g/mol. The van der Waals surface area contributed by atoms with Crippen molar-refractivity contribution in [1.82, 2.24) is 10.6 Å². The van der Waals surface area contributed by atoms with Crippen LogP contribution in [0.5, 0.6) is 0 Å². The highest BCUT2D eigenvalue weighted by Crippen LogP contribution is 2.22. The second kappa shape index (κ2) is 10.9. The molecule has 1 atom stereocenters. The van der Waals surface area contributed by atoms with Crippen molar-refractivity contribution >= 4 is 11.6 Å². The van der Waals surface area contributed by atoms with Crippen LogP contribution in [-0.2, 0) is 4.74 Å². The van der Waals surface area contributed by atoms with E-state index in [2.05, 4.69) is 50.9 Å². The highest BCUT2D eigenvalue weighted by Gasteiger charge is 2.22. The van der Waals surface area contributed by atoms with E-state index in [1.807, 2.05) is 14.0 Å². The van der Waals surface area contributed by atoms with Crippen LogP contribution in [0.3, 0.4) is 0 Å². The lowest BCUT2D eigenvalue weighted by Crippen LogP contribution is -2.40. The summed E-state index contributed by atoms with van der Waals surface area (Å²) in [6.45, 7) is 7.85. The van der Waals surface area contributed by atoms with E-state index in [0.717, 1.165) is 58.2 Å². The molecule has 1 aliphatic rings. The molecule has 2 N–H and O–H groups in total. The molecule has 0 radical (unpaired) electrons. The molecule has 0 aromatic heterocycles. The summed E-state index contributed by atoms with van der Waals surface area (Å²) in [5.74, 6) is 1.58. The van der Waals surface area contributed by atoms with Crippen LogP contribution in [0.25, 0.3) is 0 Å². The van der Waals surface area contributed by atoms with Gasteiger partial charge in [0.2, 0.25) is 0 Å². The van der Waals surface area contributed by atoms with Gasteiger partial charge < -0.3 is 20.3 Å². The Balaban J connectivity index is 1.62. The second-order valence-corrected chi connectivity index (χ2v) is 6.22. The van der Waals surface area contributed by atoms with Gasteiger partial charge in [-0.15, -0.1) is 0 Å². The molecule has 0 saturated carbocycles. The van der Waals surface area contributed by atoms with Gasteiger partial charge in [0.25, 0.3) is 0 Å². The minimum Gasteiger partial charge on any atom is -0.382 e. The summed E-state index contributed by atoms with van der Waals surface area (Å²) in [7, 11) is 1.83. The minimum atomic E-state index is 0.668. The van der Waals surface area contributed by atoms with E-state index in [4.69, 9.17) is 4.74 Å². The Labute approximate surface area is 146 Å². The molecule has 5 heteroatoms. The predicted molar refractivity (Wildman–Crippen MR) is 102 cm³/mol. The van der Waals surface area contributed by atoms with Crippen molar-refractivity contribution in [2.75, 3.05) is 51.3 Å². The number of para-hydroxylation sites is 1. The number of hydrogen-bond acceptors (Lipinski definition) is 3. The van der Waals surface area contributed by atoms with Gasteiger partial charge in [-0.3, -0.25) is 4.99 Å². The molecule has 1 aromatic carbocycles. The fourth-order valence-corrected chi connectivity index (χ4v) is 3.01. The van der Waals surface area contributed by atoms with Crippen molar-refractivity contribution in [3.63, 3.8) is 0 Å². The first-order valence-corrected chi connectivity index (χ1v) is 9.15. The highest BCUT2D eigenvalue weighted by atomic mass is 16.5. The monoisotopic (exact) mass is 332 g/mol. The van der Waals surface area contributed by atoms with Crippen molar-refractivity contribution in [2.24, 2.45) is 10.9 Å². The maximum absolute atomic E-state index is 5.35. The molecule has 1 aromatic rings. The van der Waals surface area contributed by atoms with E-state index in [1.165, 1.54) is 12.1 Å². The van der Waals surface area contributed by atoms with Gasteiger partial charge in [-0.25, -0.2) is 0 Å². The summed E-state index contributed by atoms with van der Waals surface area (Å²) in [5, 5.41) is 6.85. The fourth-order valence-electron chi connectivity index (χ4n) is 3.01. The number of rotatable bonds is 9. The van der Waals surface area contributed by atoms with Gasteiger partial charge in [0.15, 0.2) is 5.96 Å². The molecule has 2 rings (SSSR count). The molecule has 5 nitrogen and oxygen atoms in total. The van der Waals surface area contributed by atoms with Crippen molar-refractivity contribution in [3.05, 3.63) is 30.3 Å². The zero-order valence-corrected chi connectivity index (χ0v) is 15.1. The zero-order valence-electron chi connectivity index (χ0n) is 15.1. The third-order valence-corrected chi connectivity index (χ3v) is 4.40. The molecule has 1 unspecified atom stereocenters. The van der Waals surface area contributed by atoms with Crippen LogP contribution < -0.4 is 15.5 Å². The number of unbranched alkanes of at least 4 members (excludes halogenated alkanes) is 1. The average molecular weight is 332 g/mol. The molecule has 0 spiro atoms. The Morgan fingerprint density at radius 1 is 1.25 bits per heavy atom. The lowest BCUT2D eigenvalue weighted by atomic mass is 10.1. The highest BCUT2D eigenvalue weighted by molar-refractivity contribution is 5.79. The van der Waals surface area contributed by atoms with E-state index < -0.39 is 0 Å². The van der Waals surface area contributed by atoms with Crippen LogP contribution in [-0.4, -0.2) is 52.4 Å². The summed E-state index contributed by atoms with van der Waals surface area (Å²) >= 11 is 0. The van der Waals surface area contributed by atoms with E-state index in [9.17, 15) is 0 Å². The van der Waals surface area contributed by atoms with Crippen LogP contribution >= 0.6 is 0 Å². The quantitative estimate of drug-likeness (QED) is 0.414. The SMILES string of the molecule is CCOCCCCNC(=NC)NCC1CCN(c2ccccc2)C1. The third kappa shape index (κ3) is 6.40. The Kier molecular flexibility index (Phi) is 8.46. The fraction of sp³-hybridized carbons (Fsp3) is 0.632. The standard InChI is InChI=1S/C19H32N4O/c1-3-24-14-8-7-12-21-19(20-2)22-15-17-11-13-23(16-17)18-9-5-4-6-10-18/h4-6,9-10,17H,3,7-8,11-16H2,1-2H3,(H2,20,21,22). The summed E-state index contributed by atoms with van der Waals surface area (Å²) in [6.07, 6.45) is 3.42. The molecule has 24 heavy (non-hydrogen) atoms. The average Bonchev–Trinajstić information content (AvgIpc) is 3.10. The van der Waals surface area contributed by atoms with E-state index in [0.29, 0.717) is 5.92 Å². The van der Waals surface area contributed by atoms with Gasteiger partial charge in [-0.2, -0.15) is 0 Å². The number of anilines is 1. The number of nitrogens with zero attached hydrogens (tertiary/aromatic N) is 2. The number of guanidine groups is 1. The topological polar surface area (TPSA) is 48.9 Å². The van der Waals surface area contributed by atoms with E-state index in [-0.39, 0.29) is 0 Å². The summed E-state index contributed by atoms with van der Waals surface area (Å²) in [4.78, 5) is 6.78. The minimum absolute atomic E-state index is 0.668. The molecule has 0 aliphatic carbocycles. The summed E-state index contributed by atoms with van der Waals surface area (Å²) in [6, 6.07) is 10.7. The lowest BCUT2D eigenvalue weighted by molar-refractivity contribution is 0.143. The molecule has 0 amide bonds. The van der Waals surface area contributed by atoms with Crippen molar-refractivity contribution < 1.29 is 4.74 Å². The number of hydrogen-bond donors (Lipinski definition) is 2. The molecule has 1 heterocycles. The van der Waals surface area contributed by atoms with Gasteiger partial charge in [0.05, 0.1) is 0 Å². The van der Waals surface area contributed by atoms with Gasteiger partial charge in [0, 0.05) is 52.1 Å². The zero-order chi connectivity index (χ0) is 17.0. The van der Waals surface area contributed by atoms with Crippen LogP contribution in [0.15, 0.2) is 35.3 Å². The molecule has 134 valence electrons.